The van der Waals surface area contributed by atoms with Gasteiger partial charge in [-0.3, -0.25) is 4.90 Å². The summed E-state index contributed by atoms with van der Waals surface area (Å²) in [5.74, 6) is 0.889. The molecule has 0 amide bonds. The smallest absolute Gasteiger partial charge is 0.117 e. The third-order valence-electron chi connectivity index (χ3n) is 4.34. The van der Waals surface area contributed by atoms with E-state index in [9.17, 15) is 5.11 Å². The molecule has 0 saturated carbocycles. The molecule has 0 aliphatic carbocycles. The third-order valence-corrected chi connectivity index (χ3v) is 4.34. The van der Waals surface area contributed by atoms with Crippen LogP contribution in [-0.2, 0) is 24.4 Å². The number of hydrogen-bond donors (Lipinski definition) is 1. The van der Waals surface area contributed by atoms with Crippen LogP contribution in [0.25, 0.3) is 0 Å². The number of rotatable bonds is 10. The minimum absolute atomic E-state index is 0.303. The molecule has 0 bridgehead atoms. The molecule has 3 rings (SSSR count). The molecule has 0 saturated heterocycles. The summed E-state index contributed by atoms with van der Waals surface area (Å²) in [5.41, 5.74) is 3.56. The first-order chi connectivity index (χ1) is 13.2. The van der Waals surface area contributed by atoms with Crippen molar-refractivity contribution < 1.29 is 14.3 Å². The largest absolute Gasteiger partial charge is 0.468 e. The summed E-state index contributed by atoms with van der Waals surface area (Å²) in [4.78, 5) is 2.18. The number of benzene rings is 2. The summed E-state index contributed by atoms with van der Waals surface area (Å²) in [7, 11) is 0. The normalized spacial score (nSPS) is 12.4. The summed E-state index contributed by atoms with van der Waals surface area (Å²) in [6.07, 6.45) is 1.12. The Morgan fingerprint density at radius 1 is 0.963 bits per heavy atom. The Morgan fingerprint density at radius 2 is 1.78 bits per heavy atom. The lowest BCUT2D eigenvalue weighted by Gasteiger charge is -2.24. The van der Waals surface area contributed by atoms with Crippen molar-refractivity contribution in [2.24, 2.45) is 0 Å². The van der Waals surface area contributed by atoms with Crippen molar-refractivity contribution in [3.63, 3.8) is 0 Å². The van der Waals surface area contributed by atoms with E-state index in [-0.39, 0.29) is 0 Å². The molecule has 1 atom stereocenters. The van der Waals surface area contributed by atoms with Gasteiger partial charge in [0.25, 0.3) is 0 Å². The summed E-state index contributed by atoms with van der Waals surface area (Å²) in [6, 6.07) is 22.3. The highest BCUT2D eigenvalue weighted by atomic mass is 16.5. The van der Waals surface area contributed by atoms with Gasteiger partial charge in [-0.1, -0.05) is 60.2 Å². The van der Waals surface area contributed by atoms with E-state index in [1.807, 2.05) is 42.5 Å². The second-order valence-corrected chi connectivity index (χ2v) is 6.89. The van der Waals surface area contributed by atoms with Gasteiger partial charge in [0, 0.05) is 13.1 Å². The average molecular weight is 365 g/mol. The quantitative estimate of drug-likeness (QED) is 0.586. The first kappa shape index (κ1) is 19.4. The first-order valence-corrected chi connectivity index (χ1v) is 9.29. The Balaban J connectivity index is 1.54. The Bertz CT molecular complexity index is 786. The topological polar surface area (TPSA) is 45.8 Å². The monoisotopic (exact) mass is 365 g/mol. The molecule has 0 aliphatic rings. The van der Waals surface area contributed by atoms with Crippen molar-refractivity contribution in [1.29, 1.82) is 0 Å². The van der Waals surface area contributed by atoms with E-state index in [1.165, 1.54) is 11.1 Å². The minimum Gasteiger partial charge on any atom is -0.468 e. The van der Waals surface area contributed by atoms with Crippen molar-refractivity contribution in [3.05, 3.63) is 95.4 Å². The molecule has 4 nitrogen and oxygen atoms in total. The van der Waals surface area contributed by atoms with Gasteiger partial charge >= 0.3 is 0 Å². The SMILES string of the molecule is Cc1cccc(CN(Cc2ccco2)C[C@@H](O)COCc2ccccc2)c1. The standard InChI is InChI=1S/C23H27NO3/c1-19-7-5-10-21(13-19)14-24(16-23-11-6-12-27-23)15-22(25)18-26-17-20-8-3-2-4-9-20/h2-13,22,25H,14-18H2,1H3/t22-/m1/s1. The number of hydrogen-bond acceptors (Lipinski definition) is 4. The van der Waals surface area contributed by atoms with Crippen molar-refractivity contribution in [2.75, 3.05) is 13.2 Å². The van der Waals surface area contributed by atoms with E-state index in [1.54, 1.807) is 6.26 Å². The van der Waals surface area contributed by atoms with Crippen LogP contribution < -0.4 is 0 Å². The molecule has 1 heterocycles. The lowest BCUT2D eigenvalue weighted by Crippen LogP contribution is -2.34. The van der Waals surface area contributed by atoms with Crippen LogP contribution in [0.15, 0.2) is 77.4 Å². The molecule has 0 radical (unpaired) electrons. The highest BCUT2D eigenvalue weighted by Gasteiger charge is 2.15. The zero-order valence-corrected chi connectivity index (χ0v) is 15.8. The van der Waals surface area contributed by atoms with Gasteiger partial charge in [0.1, 0.15) is 5.76 Å². The molecule has 1 N–H and O–H groups in total. The first-order valence-electron chi connectivity index (χ1n) is 9.29. The van der Waals surface area contributed by atoms with Gasteiger partial charge in [-0.25, -0.2) is 0 Å². The van der Waals surface area contributed by atoms with Crippen LogP contribution in [-0.4, -0.2) is 29.3 Å². The maximum Gasteiger partial charge on any atom is 0.117 e. The second kappa shape index (κ2) is 10.1. The third kappa shape index (κ3) is 6.68. The summed E-state index contributed by atoms with van der Waals surface area (Å²) < 4.78 is 11.2. The number of ether oxygens (including phenoxy) is 1. The van der Waals surface area contributed by atoms with Crippen molar-refractivity contribution in [3.8, 4) is 0 Å². The number of aliphatic hydroxyl groups excluding tert-OH is 1. The van der Waals surface area contributed by atoms with Crippen LogP contribution in [0, 0.1) is 6.92 Å². The van der Waals surface area contributed by atoms with E-state index in [2.05, 4.69) is 36.1 Å². The van der Waals surface area contributed by atoms with Crippen LogP contribution in [0.2, 0.25) is 0 Å². The lowest BCUT2D eigenvalue weighted by molar-refractivity contribution is 0.00613. The predicted molar refractivity (Wildman–Crippen MR) is 106 cm³/mol. The van der Waals surface area contributed by atoms with Gasteiger partial charge in [0.05, 0.1) is 32.1 Å². The van der Waals surface area contributed by atoms with Gasteiger partial charge < -0.3 is 14.3 Å². The maximum absolute atomic E-state index is 10.5. The fourth-order valence-electron chi connectivity index (χ4n) is 3.11. The zero-order valence-electron chi connectivity index (χ0n) is 15.8. The molecule has 3 aromatic rings. The average Bonchev–Trinajstić information content (AvgIpc) is 3.15. The van der Waals surface area contributed by atoms with Gasteiger partial charge in [0.15, 0.2) is 0 Å². The van der Waals surface area contributed by atoms with Crippen LogP contribution >= 0.6 is 0 Å². The molecule has 142 valence electrons. The molecule has 0 aliphatic heterocycles. The van der Waals surface area contributed by atoms with Crippen LogP contribution in [0.4, 0.5) is 0 Å². The van der Waals surface area contributed by atoms with E-state index in [0.717, 1.165) is 17.9 Å². The fraction of sp³-hybridized carbons (Fsp3) is 0.304. The molecule has 0 spiro atoms. The van der Waals surface area contributed by atoms with Gasteiger partial charge in [-0.2, -0.15) is 0 Å². The van der Waals surface area contributed by atoms with Crippen molar-refractivity contribution in [2.45, 2.75) is 32.7 Å². The molecule has 4 heteroatoms. The van der Waals surface area contributed by atoms with Crippen LogP contribution in [0.5, 0.6) is 0 Å². The highest BCUT2D eigenvalue weighted by molar-refractivity contribution is 5.22. The molecule has 0 fully saturated rings. The van der Waals surface area contributed by atoms with E-state index >= 15 is 0 Å². The second-order valence-electron chi connectivity index (χ2n) is 6.89. The molecular formula is C23H27NO3. The Kier molecular flexibility index (Phi) is 7.22. The maximum atomic E-state index is 10.5. The molecule has 0 unspecified atom stereocenters. The van der Waals surface area contributed by atoms with Gasteiger partial charge in [-0.05, 0) is 30.2 Å². The molecule has 2 aromatic carbocycles. The van der Waals surface area contributed by atoms with E-state index in [4.69, 9.17) is 9.15 Å². The van der Waals surface area contributed by atoms with Gasteiger partial charge in [0.2, 0.25) is 0 Å². The summed E-state index contributed by atoms with van der Waals surface area (Å²) in [6.45, 7) is 4.82. The predicted octanol–water partition coefficient (Wildman–Crippen LogP) is 4.17. The van der Waals surface area contributed by atoms with E-state index < -0.39 is 6.10 Å². The fourth-order valence-corrected chi connectivity index (χ4v) is 3.11. The van der Waals surface area contributed by atoms with Crippen molar-refractivity contribution in [1.82, 2.24) is 4.90 Å². The Labute approximate surface area is 161 Å². The van der Waals surface area contributed by atoms with Crippen molar-refractivity contribution >= 4 is 0 Å². The molecular weight excluding hydrogens is 338 g/mol. The van der Waals surface area contributed by atoms with E-state index in [0.29, 0.717) is 26.3 Å². The van der Waals surface area contributed by atoms with Crippen LogP contribution in [0.1, 0.15) is 22.5 Å². The minimum atomic E-state index is -0.562. The van der Waals surface area contributed by atoms with Gasteiger partial charge in [-0.15, -0.1) is 0 Å². The Hall–Kier alpha value is -2.40. The number of aryl methyl sites for hydroxylation is 1. The highest BCUT2D eigenvalue weighted by Crippen LogP contribution is 2.13. The number of furan rings is 1. The molecule has 27 heavy (non-hydrogen) atoms. The zero-order chi connectivity index (χ0) is 18.9. The summed E-state index contributed by atoms with van der Waals surface area (Å²) in [5, 5.41) is 10.5. The number of nitrogens with zero attached hydrogens (tertiary/aromatic N) is 1. The summed E-state index contributed by atoms with van der Waals surface area (Å²) >= 11 is 0. The molecule has 1 aromatic heterocycles. The lowest BCUT2D eigenvalue weighted by atomic mass is 10.1. The van der Waals surface area contributed by atoms with Crippen LogP contribution in [0.3, 0.4) is 0 Å². The number of aliphatic hydroxyl groups is 1. The Morgan fingerprint density at radius 3 is 2.52 bits per heavy atom.